The minimum Gasteiger partial charge on any atom is -0.339 e. The Balaban J connectivity index is 1.49. The molecule has 0 aliphatic carbocycles. The zero-order chi connectivity index (χ0) is 17.9. The maximum absolute atomic E-state index is 6.37. The number of hydrogen-bond donors (Lipinski definition) is 1. The number of aromatic nitrogens is 5. The van der Waals surface area contributed by atoms with E-state index in [4.69, 9.17) is 28.2 Å². The topological polar surface area (TPSA) is 71.8 Å². The molecule has 2 aliphatic rings. The van der Waals surface area contributed by atoms with E-state index in [0.717, 1.165) is 37.7 Å². The minimum atomic E-state index is -0.119. The van der Waals surface area contributed by atoms with Crippen LogP contribution in [0.3, 0.4) is 0 Å². The summed E-state index contributed by atoms with van der Waals surface area (Å²) in [6.07, 6.45) is 1.74. The largest absolute Gasteiger partial charge is 0.339 e. The Hall–Kier alpha value is -1.96. The van der Waals surface area contributed by atoms with Crippen molar-refractivity contribution >= 4 is 40.3 Å². The van der Waals surface area contributed by atoms with Crippen LogP contribution in [0.5, 0.6) is 0 Å². The quantitative estimate of drug-likeness (QED) is 0.741. The molecule has 0 bridgehead atoms. The lowest BCUT2D eigenvalue weighted by atomic mass is 9.75. The van der Waals surface area contributed by atoms with Gasteiger partial charge in [-0.2, -0.15) is 4.98 Å². The average molecular weight is 390 g/mol. The monoisotopic (exact) mass is 389 g/mol. The van der Waals surface area contributed by atoms with Gasteiger partial charge in [-0.1, -0.05) is 34.5 Å². The first kappa shape index (κ1) is 16.2. The van der Waals surface area contributed by atoms with Gasteiger partial charge in [0.25, 0.3) is 0 Å². The van der Waals surface area contributed by atoms with Gasteiger partial charge < -0.3 is 10.2 Å². The van der Waals surface area contributed by atoms with Crippen LogP contribution in [-0.4, -0.2) is 51.1 Å². The SMILES string of the molecule is C[C@H](c1ccc(Cl)cc1Cl)n1nnc2cnc(N3CC4(CNC4)C3)nc21. The normalized spacial score (nSPS) is 19.4. The molecule has 9 heteroatoms. The highest BCUT2D eigenvalue weighted by Crippen LogP contribution is 2.36. The third kappa shape index (κ3) is 2.46. The summed E-state index contributed by atoms with van der Waals surface area (Å²) < 4.78 is 1.79. The van der Waals surface area contributed by atoms with Crippen molar-refractivity contribution in [2.75, 3.05) is 31.1 Å². The standard InChI is InChI=1S/C17H17Cl2N7/c1-10(12-3-2-11(18)4-13(12)19)26-15-14(23-24-26)5-21-16(22-15)25-8-17(9-25)6-20-7-17/h2-5,10,20H,6-9H2,1H3/t10-/m1/s1. The molecule has 0 radical (unpaired) electrons. The Labute approximate surface area is 160 Å². The van der Waals surface area contributed by atoms with Gasteiger partial charge in [0.1, 0.15) is 0 Å². The number of benzene rings is 1. The molecule has 5 rings (SSSR count). The van der Waals surface area contributed by atoms with Crippen LogP contribution in [0, 0.1) is 5.41 Å². The number of fused-ring (bicyclic) bond motifs is 1. The van der Waals surface area contributed by atoms with Crippen molar-refractivity contribution in [1.82, 2.24) is 30.3 Å². The number of nitrogens with one attached hydrogen (secondary N) is 1. The van der Waals surface area contributed by atoms with Crippen LogP contribution >= 0.6 is 23.2 Å². The number of hydrogen-bond acceptors (Lipinski definition) is 6. The van der Waals surface area contributed by atoms with Crippen molar-refractivity contribution < 1.29 is 0 Å². The van der Waals surface area contributed by atoms with Crippen LogP contribution in [0.4, 0.5) is 5.95 Å². The van der Waals surface area contributed by atoms with E-state index < -0.39 is 0 Å². The third-order valence-electron chi connectivity index (χ3n) is 5.32. The predicted octanol–water partition coefficient (Wildman–Crippen LogP) is 2.55. The Bertz CT molecular complexity index is 990. The van der Waals surface area contributed by atoms with Gasteiger partial charge in [-0.15, -0.1) is 5.10 Å². The van der Waals surface area contributed by atoms with Crippen molar-refractivity contribution in [2.24, 2.45) is 5.41 Å². The molecular weight excluding hydrogens is 373 g/mol. The lowest BCUT2D eigenvalue weighted by Crippen LogP contribution is -2.71. The minimum absolute atomic E-state index is 0.119. The molecule has 7 nitrogen and oxygen atoms in total. The highest BCUT2D eigenvalue weighted by molar-refractivity contribution is 6.35. The maximum atomic E-state index is 6.37. The van der Waals surface area contributed by atoms with E-state index in [0.29, 0.717) is 26.6 Å². The Kier molecular flexibility index (Phi) is 3.60. The van der Waals surface area contributed by atoms with E-state index >= 15 is 0 Å². The first-order valence-corrected chi connectivity index (χ1v) is 9.29. The summed E-state index contributed by atoms with van der Waals surface area (Å²) in [5.74, 6) is 0.730. The number of anilines is 1. The summed E-state index contributed by atoms with van der Waals surface area (Å²) >= 11 is 12.4. The molecule has 2 aliphatic heterocycles. The second-order valence-corrected chi connectivity index (χ2v) is 8.06. The van der Waals surface area contributed by atoms with E-state index in [1.165, 1.54) is 0 Å². The molecule has 1 atom stereocenters. The second-order valence-electron chi connectivity index (χ2n) is 7.21. The highest BCUT2D eigenvalue weighted by Gasteiger charge is 2.48. The Morgan fingerprint density at radius 2 is 2.04 bits per heavy atom. The van der Waals surface area contributed by atoms with Gasteiger partial charge in [0.15, 0.2) is 11.2 Å². The fourth-order valence-corrected chi connectivity index (χ4v) is 4.29. The van der Waals surface area contributed by atoms with Gasteiger partial charge in [-0.05, 0) is 24.6 Å². The zero-order valence-corrected chi connectivity index (χ0v) is 15.7. The summed E-state index contributed by atoms with van der Waals surface area (Å²) in [6.45, 7) is 6.16. The molecule has 134 valence electrons. The van der Waals surface area contributed by atoms with Crippen LogP contribution in [0.2, 0.25) is 10.0 Å². The molecule has 2 fully saturated rings. The number of nitrogens with zero attached hydrogens (tertiary/aromatic N) is 6. The van der Waals surface area contributed by atoms with Crippen LogP contribution in [-0.2, 0) is 0 Å². The molecule has 0 amide bonds. The molecule has 1 aromatic carbocycles. The molecule has 2 aromatic heterocycles. The van der Waals surface area contributed by atoms with Crippen molar-refractivity contribution in [3.63, 3.8) is 0 Å². The van der Waals surface area contributed by atoms with E-state index in [9.17, 15) is 0 Å². The predicted molar refractivity (Wildman–Crippen MR) is 101 cm³/mol. The van der Waals surface area contributed by atoms with Gasteiger partial charge in [0, 0.05) is 41.6 Å². The van der Waals surface area contributed by atoms with E-state index in [-0.39, 0.29) is 6.04 Å². The van der Waals surface area contributed by atoms with E-state index in [2.05, 4.69) is 25.5 Å². The van der Waals surface area contributed by atoms with E-state index in [1.54, 1.807) is 16.9 Å². The summed E-state index contributed by atoms with van der Waals surface area (Å²) in [6, 6.07) is 5.35. The molecule has 0 saturated carbocycles. The summed E-state index contributed by atoms with van der Waals surface area (Å²) in [4.78, 5) is 11.4. The third-order valence-corrected chi connectivity index (χ3v) is 5.88. The lowest BCUT2D eigenvalue weighted by Gasteiger charge is -2.55. The first-order chi connectivity index (χ1) is 12.5. The molecule has 2 saturated heterocycles. The van der Waals surface area contributed by atoms with Crippen LogP contribution in [0.15, 0.2) is 24.4 Å². The molecule has 0 unspecified atom stereocenters. The summed E-state index contributed by atoms with van der Waals surface area (Å²) in [7, 11) is 0. The van der Waals surface area contributed by atoms with Crippen LogP contribution < -0.4 is 10.2 Å². The van der Waals surface area contributed by atoms with Gasteiger partial charge >= 0.3 is 0 Å². The van der Waals surface area contributed by atoms with Gasteiger partial charge in [-0.25, -0.2) is 9.67 Å². The fraction of sp³-hybridized carbons (Fsp3) is 0.412. The molecular formula is C17H17Cl2N7. The molecule has 26 heavy (non-hydrogen) atoms. The molecule has 1 spiro atoms. The smallest absolute Gasteiger partial charge is 0.227 e. The zero-order valence-electron chi connectivity index (χ0n) is 14.2. The molecule has 3 aromatic rings. The Morgan fingerprint density at radius 3 is 2.73 bits per heavy atom. The highest BCUT2D eigenvalue weighted by atomic mass is 35.5. The molecule has 4 heterocycles. The maximum Gasteiger partial charge on any atom is 0.227 e. The second kappa shape index (κ2) is 5.77. The number of halogens is 2. The van der Waals surface area contributed by atoms with Crippen LogP contribution in [0.25, 0.3) is 11.2 Å². The van der Waals surface area contributed by atoms with Crippen LogP contribution in [0.1, 0.15) is 18.5 Å². The fourth-order valence-electron chi connectivity index (χ4n) is 3.73. The van der Waals surface area contributed by atoms with Crippen molar-refractivity contribution in [3.05, 3.63) is 40.0 Å². The van der Waals surface area contributed by atoms with Crippen molar-refractivity contribution in [2.45, 2.75) is 13.0 Å². The van der Waals surface area contributed by atoms with Gasteiger partial charge in [0.2, 0.25) is 5.95 Å². The summed E-state index contributed by atoms with van der Waals surface area (Å²) in [5, 5.41) is 13.0. The lowest BCUT2D eigenvalue weighted by molar-refractivity contribution is 0.119. The van der Waals surface area contributed by atoms with Gasteiger partial charge in [0.05, 0.1) is 12.2 Å². The average Bonchev–Trinajstić information content (AvgIpc) is 2.95. The summed E-state index contributed by atoms with van der Waals surface area (Å²) in [5.41, 5.74) is 2.72. The van der Waals surface area contributed by atoms with Crippen molar-refractivity contribution in [3.8, 4) is 0 Å². The number of rotatable bonds is 3. The Morgan fingerprint density at radius 1 is 1.23 bits per heavy atom. The van der Waals surface area contributed by atoms with E-state index in [1.807, 2.05) is 19.1 Å². The van der Waals surface area contributed by atoms with Gasteiger partial charge in [-0.3, -0.25) is 0 Å². The van der Waals surface area contributed by atoms with Crippen molar-refractivity contribution in [1.29, 1.82) is 0 Å². The molecule has 1 N–H and O–H groups in total. The first-order valence-electron chi connectivity index (χ1n) is 8.53.